The van der Waals surface area contributed by atoms with Gasteiger partial charge in [0.1, 0.15) is 5.83 Å². The van der Waals surface area contributed by atoms with E-state index in [9.17, 15) is 4.39 Å². The quantitative estimate of drug-likeness (QED) is 0.575. The van der Waals surface area contributed by atoms with Crippen molar-refractivity contribution in [3.63, 3.8) is 0 Å². The van der Waals surface area contributed by atoms with E-state index in [1.165, 1.54) is 0 Å². The minimum atomic E-state index is -0.278. The Hall–Kier alpha value is -2.59. The highest BCUT2D eigenvalue weighted by Gasteiger charge is 2.45. The maximum atomic E-state index is 13.9. The van der Waals surface area contributed by atoms with Crippen molar-refractivity contribution in [2.75, 3.05) is 11.9 Å². The lowest BCUT2D eigenvalue weighted by atomic mass is 9.64. The molecule has 3 nitrogen and oxygen atoms in total. The number of pyridine rings is 1. The second kappa shape index (κ2) is 7.68. The minimum absolute atomic E-state index is 0.194. The van der Waals surface area contributed by atoms with Crippen LogP contribution in [0.2, 0.25) is 0 Å². The molecule has 0 spiro atoms. The van der Waals surface area contributed by atoms with E-state index in [4.69, 9.17) is 11.6 Å². The summed E-state index contributed by atoms with van der Waals surface area (Å²) >= 11 is 6.23. The molecule has 1 fully saturated rings. The highest BCUT2D eigenvalue weighted by molar-refractivity contribution is 6.32. The number of halogens is 2. The molecule has 0 atom stereocenters. The van der Waals surface area contributed by atoms with E-state index in [1.54, 1.807) is 0 Å². The molecule has 1 saturated carbocycles. The van der Waals surface area contributed by atoms with Gasteiger partial charge in [-0.1, -0.05) is 54.6 Å². The number of nitrogens with one attached hydrogen (secondary N) is 1. The zero-order valence-electron chi connectivity index (χ0n) is 16.6. The zero-order valence-corrected chi connectivity index (χ0v) is 17.3. The van der Waals surface area contributed by atoms with Crippen LogP contribution < -0.4 is 10.2 Å². The van der Waals surface area contributed by atoms with Crippen LogP contribution in [0.1, 0.15) is 25.7 Å². The van der Waals surface area contributed by atoms with Gasteiger partial charge in [-0.2, -0.15) is 0 Å². The molecule has 0 bridgehead atoms. The van der Waals surface area contributed by atoms with Gasteiger partial charge in [-0.05, 0) is 30.8 Å². The third-order valence-electron chi connectivity index (χ3n) is 6.08. The van der Waals surface area contributed by atoms with Crippen molar-refractivity contribution in [3.8, 4) is 0 Å². The zero-order chi connectivity index (χ0) is 20.6. The molecule has 2 aliphatic carbocycles. The van der Waals surface area contributed by atoms with Crippen LogP contribution in [0, 0.1) is 5.92 Å². The molecule has 29 heavy (non-hydrogen) atoms. The number of nitrogens with zero attached hydrogens (tertiary/aromatic N) is 2. The monoisotopic (exact) mass is 409 g/mol. The van der Waals surface area contributed by atoms with Gasteiger partial charge in [-0.25, -0.2) is 4.39 Å². The lowest BCUT2D eigenvalue weighted by Gasteiger charge is -2.49. The summed E-state index contributed by atoms with van der Waals surface area (Å²) in [5, 5.41) is 6.05. The van der Waals surface area contributed by atoms with Gasteiger partial charge in [0.25, 0.3) is 0 Å². The number of benzene rings is 1. The fraction of sp³-hybridized carbons (Fsp3) is 0.292. The molecule has 1 aromatic heterocycles. The molecular formula is C24H25ClFN3. The number of allylic oxidation sites excluding steroid dienone is 4. The molecule has 2 aliphatic rings. The van der Waals surface area contributed by atoms with Crippen LogP contribution in [0.5, 0.6) is 0 Å². The summed E-state index contributed by atoms with van der Waals surface area (Å²) in [6.07, 6.45) is 10.5. The van der Waals surface area contributed by atoms with Gasteiger partial charge in [0.2, 0.25) is 0 Å². The van der Waals surface area contributed by atoms with Crippen molar-refractivity contribution in [2.24, 2.45) is 5.92 Å². The predicted molar refractivity (Wildman–Crippen MR) is 119 cm³/mol. The van der Waals surface area contributed by atoms with E-state index in [2.05, 4.69) is 35.6 Å². The fourth-order valence-corrected chi connectivity index (χ4v) is 4.63. The second-order valence-corrected chi connectivity index (χ2v) is 8.27. The molecule has 1 heterocycles. The average Bonchev–Trinajstić information content (AvgIpc) is 2.71. The molecule has 150 valence electrons. The normalized spacial score (nSPS) is 24.0. The van der Waals surface area contributed by atoms with Crippen LogP contribution in [0.15, 0.2) is 84.2 Å². The largest absolute Gasteiger partial charge is 0.363 e. The van der Waals surface area contributed by atoms with Crippen LogP contribution in [0.3, 0.4) is 0 Å². The lowest BCUT2D eigenvalue weighted by Crippen LogP contribution is -2.55. The summed E-state index contributed by atoms with van der Waals surface area (Å²) in [4.78, 5) is 6.38. The van der Waals surface area contributed by atoms with Crippen molar-refractivity contribution in [2.45, 2.75) is 31.2 Å². The van der Waals surface area contributed by atoms with Gasteiger partial charge in [0, 0.05) is 30.4 Å². The first-order chi connectivity index (χ1) is 13.9. The Labute approximate surface area is 176 Å². The van der Waals surface area contributed by atoms with E-state index < -0.39 is 0 Å². The molecule has 0 aliphatic heterocycles. The highest BCUT2D eigenvalue weighted by atomic mass is 35.5. The first-order valence-electron chi connectivity index (χ1n) is 9.86. The number of hydrogen-bond acceptors (Lipinski definition) is 3. The van der Waals surface area contributed by atoms with E-state index in [0.29, 0.717) is 17.9 Å². The van der Waals surface area contributed by atoms with Crippen molar-refractivity contribution in [1.82, 2.24) is 10.3 Å². The number of aromatic nitrogens is 1. The summed E-state index contributed by atoms with van der Waals surface area (Å²) in [6.45, 7) is 8.28. The SMILES string of the molecule is C=CC1(NC(=C)N(C)c2cncc3ccccc23)CC(C2=CCCC(F)=C2Cl)C1. The maximum absolute atomic E-state index is 13.9. The van der Waals surface area contributed by atoms with Crippen LogP contribution in [-0.2, 0) is 0 Å². The first kappa shape index (κ1) is 19.7. The summed E-state index contributed by atoms with van der Waals surface area (Å²) in [5.41, 5.74) is 1.64. The van der Waals surface area contributed by atoms with Gasteiger partial charge in [0.15, 0.2) is 0 Å². The third-order valence-corrected chi connectivity index (χ3v) is 6.50. The Morgan fingerprint density at radius 3 is 2.86 bits per heavy atom. The molecule has 1 aromatic carbocycles. The molecule has 5 heteroatoms. The van der Waals surface area contributed by atoms with Gasteiger partial charge in [-0.3, -0.25) is 4.98 Å². The first-order valence-corrected chi connectivity index (χ1v) is 10.2. The number of hydrogen-bond donors (Lipinski definition) is 1. The number of rotatable bonds is 6. The van der Waals surface area contributed by atoms with Crippen molar-refractivity contribution in [3.05, 3.63) is 84.2 Å². The molecule has 4 rings (SSSR count). The summed E-state index contributed by atoms with van der Waals surface area (Å²) in [6, 6.07) is 8.15. The van der Waals surface area contributed by atoms with Crippen LogP contribution in [-0.4, -0.2) is 17.6 Å². The Kier molecular flexibility index (Phi) is 5.22. The molecule has 0 amide bonds. The van der Waals surface area contributed by atoms with E-state index in [-0.39, 0.29) is 17.3 Å². The molecule has 0 unspecified atom stereocenters. The number of fused-ring (bicyclic) bond motifs is 1. The lowest BCUT2D eigenvalue weighted by molar-refractivity contribution is 0.193. The molecular weight excluding hydrogens is 385 g/mol. The predicted octanol–water partition coefficient (Wildman–Crippen LogP) is 6.21. The molecule has 0 saturated heterocycles. The van der Waals surface area contributed by atoms with Gasteiger partial charge in [0.05, 0.1) is 28.3 Å². The van der Waals surface area contributed by atoms with E-state index >= 15 is 0 Å². The van der Waals surface area contributed by atoms with Gasteiger partial charge >= 0.3 is 0 Å². The van der Waals surface area contributed by atoms with Crippen molar-refractivity contribution < 1.29 is 4.39 Å². The second-order valence-electron chi connectivity index (χ2n) is 7.89. The summed E-state index contributed by atoms with van der Waals surface area (Å²) < 4.78 is 13.9. The van der Waals surface area contributed by atoms with Crippen LogP contribution in [0.25, 0.3) is 10.8 Å². The van der Waals surface area contributed by atoms with Crippen molar-refractivity contribution in [1.29, 1.82) is 0 Å². The van der Waals surface area contributed by atoms with Crippen LogP contribution >= 0.6 is 11.6 Å². The molecule has 1 N–H and O–H groups in total. The van der Waals surface area contributed by atoms with E-state index in [0.717, 1.165) is 40.7 Å². The fourth-order valence-electron chi connectivity index (χ4n) is 4.30. The number of anilines is 1. The Balaban J connectivity index is 1.49. The smallest absolute Gasteiger partial charge is 0.119 e. The maximum Gasteiger partial charge on any atom is 0.119 e. The molecule has 2 aromatic rings. The highest BCUT2D eigenvalue weighted by Crippen LogP contribution is 2.48. The summed E-state index contributed by atoms with van der Waals surface area (Å²) in [5.74, 6) is 0.809. The van der Waals surface area contributed by atoms with E-state index in [1.807, 2.05) is 48.6 Å². The standard InChI is InChI=1S/C24H25ClFN3/c1-4-24(12-18(13-24)20-10-7-11-21(26)23(20)25)28-16(2)29(3)22-15-27-14-17-8-5-6-9-19(17)22/h4-6,8-10,14-15,18,28H,1-2,7,11-13H2,3H3. The third kappa shape index (κ3) is 3.58. The average molecular weight is 410 g/mol. The van der Waals surface area contributed by atoms with Gasteiger partial charge in [-0.15, -0.1) is 6.58 Å². The van der Waals surface area contributed by atoms with Crippen LogP contribution in [0.4, 0.5) is 10.1 Å². The minimum Gasteiger partial charge on any atom is -0.363 e. The topological polar surface area (TPSA) is 28.2 Å². The Morgan fingerprint density at radius 1 is 1.34 bits per heavy atom. The Bertz CT molecular complexity index is 1030. The van der Waals surface area contributed by atoms with Crippen molar-refractivity contribution >= 4 is 28.1 Å². The Morgan fingerprint density at radius 2 is 2.10 bits per heavy atom. The molecule has 0 radical (unpaired) electrons. The summed E-state index contributed by atoms with van der Waals surface area (Å²) in [7, 11) is 1.98. The van der Waals surface area contributed by atoms with Gasteiger partial charge < -0.3 is 10.2 Å².